The van der Waals surface area contributed by atoms with Gasteiger partial charge in [0.05, 0.1) is 0 Å². The second-order valence-electron chi connectivity index (χ2n) is 6.41. The first-order valence-corrected chi connectivity index (χ1v) is 8.92. The zero-order chi connectivity index (χ0) is 20.8. The van der Waals surface area contributed by atoms with Crippen LogP contribution in [-0.2, 0) is 11.3 Å². The number of amides is 2. The highest BCUT2D eigenvalue weighted by Crippen LogP contribution is 2.15. The molecule has 0 aliphatic heterocycles. The zero-order valence-corrected chi connectivity index (χ0v) is 16.0. The number of nitrogens with one attached hydrogen (secondary N) is 3. The Morgan fingerprint density at radius 1 is 0.931 bits per heavy atom. The van der Waals surface area contributed by atoms with Gasteiger partial charge in [0.1, 0.15) is 11.5 Å². The summed E-state index contributed by atoms with van der Waals surface area (Å²) in [5.41, 5.74) is 2.92. The van der Waals surface area contributed by atoms with Crippen LogP contribution in [0.3, 0.4) is 0 Å². The maximum atomic E-state index is 13.0. The molecule has 0 fully saturated rings. The van der Waals surface area contributed by atoms with Crippen molar-refractivity contribution in [3.8, 4) is 0 Å². The number of nitrogens with zero attached hydrogens (tertiary/aromatic N) is 2. The van der Waals surface area contributed by atoms with Crippen molar-refractivity contribution in [1.82, 2.24) is 9.97 Å². The molecule has 1 aromatic heterocycles. The Kier molecular flexibility index (Phi) is 6.13. The monoisotopic (exact) mass is 393 g/mol. The first-order valence-electron chi connectivity index (χ1n) is 8.92. The molecule has 3 N–H and O–H groups in total. The van der Waals surface area contributed by atoms with E-state index in [0.29, 0.717) is 29.6 Å². The molecule has 0 unspecified atom stereocenters. The van der Waals surface area contributed by atoms with Crippen molar-refractivity contribution in [2.24, 2.45) is 0 Å². The summed E-state index contributed by atoms with van der Waals surface area (Å²) in [6, 6.07) is 14.4. The van der Waals surface area contributed by atoms with E-state index in [9.17, 15) is 14.0 Å². The Bertz CT molecular complexity index is 1020. The summed E-state index contributed by atoms with van der Waals surface area (Å²) >= 11 is 0. The van der Waals surface area contributed by atoms with Gasteiger partial charge in [0, 0.05) is 30.5 Å². The molecule has 0 aliphatic carbocycles. The lowest BCUT2D eigenvalue weighted by Crippen LogP contribution is -2.16. The lowest BCUT2D eigenvalue weighted by Gasteiger charge is -2.10. The minimum absolute atomic E-state index is 0.168. The molecule has 2 aromatic carbocycles. The van der Waals surface area contributed by atoms with E-state index in [-0.39, 0.29) is 23.3 Å². The second-order valence-corrected chi connectivity index (χ2v) is 6.41. The summed E-state index contributed by atoms with van der Waals surface area (Å²) in [6.45, 7) is 3.59. The summed E-state index contributed by atoms with van der Waals surface area (Å²) < 4.78 is 13.0. The zero-order valence-electron chi connectivity index (χ0n) is 16.0. The molecule has 0 spiro atoms. The van der Waals surface area contributed by atoms with Gasteiger partial charge in [-0.2, -0.15) is 0 Å². The number of hydrogen-bond acceptors (Lipinski definition) is 5. The van der Waals surface area contributed by atoms with Crippen LogP contribution in [-0.4, -0.2) is 21.8 Å². The molecule has 0 aliphatic rings. The van der Waals surface area contributed by atoms with E-state index < -0.39 is 0 Å². The number of carbonyl (C=O) groups is 2. The number of halogens is 1. The number of rotatable bonds is 6. The molecular weight excluding hydrogens is 373 g/mol. The van der Waals surface area contributed by atoms with Crippen LogP contribution in [0.2, 0.25) is 0 Å². The Morgan fingerprint density at radius 3 is 2.17 bits per heavy atom. The lowest BCUT2D eigenvalue weighted by molar-refractivity contribution is -0.114. The molecule has 1 heterocycles. The third-order valence-corrected chi connectivity index (χ3v) is 3.91. The number of aromatic nitrogens is 2. The number of aryl methyl sites for hydroxylation is 1. The third kappa shape index (κ3) is 5.83. The van der Waals surface area contributed by atoms with E-state index in [2.05, 4.69) is 25.9 Å². The van der Waals surface area contributed by atoms with Gasteiger partial charge in [-0.1, -0.05) is 12.1 Å². The summed E-state index contributed by atoms with van der Waals surface area (Å²) in [4.78, 5) is 32.2. The largest absolute Gasteiger partial charge is 0.350 e. The van der Waals surface area contributed by atoms with Crippen LogP contribution in [0.15, 0.2) is 54.6 Å². The quantitative estimate of drug-likeness (QED) is 0.593. The molecule has 0 atom stereocenters. The fourth-order valence-corrected chi connectivity index (χ4v) is 2.58. The molecule has 0 bridgehead atoms. The molecule has 3 aromatic rings. The van der Waals surface area contributed by atoms with Gasteiger partial charge in [0.15, 0.2) is 0 Å². The predicted octanol–water partition coefficient (Wildman–Crippen LogP) is 3.75. The molecule has 0 saturated carbocycles. The van der Waals surface area contributed by atoms with Crippen molar-refractivity contribution in [1.29, 1.82) is 0 Å². The molecule has 2 amide bonds. The molecule has 8 heteroatoms. The van der Waals surface area contributed by atoms with Crippen molar-refractivity contribution < 1.29 is 14.0 Å². The van der Waals surface area contributed by atoms with Gasteiger partial charge in [-0.3, -0.25) is 9.59 Å². The number of anilines is 3. The summed E-state index contributed by atoms with van der Waals surface area (Å²) in [7, 11) is 0. The highest BCUT2D eigenvalue weighted by atomic mass is 19.1. The van der Waals surface area contributed by atoms with Crippen LogP contribution in [0.1, 0.15) is 28.7 Å². The number of carbonyl (C=O) groups excluding carboxylic acids is 2. The Morgan fingerprint density at radius 2 is 1.55 bits per heavy atom. The standard InChI is InChI=1S/C21H20FN5O2/c1-13-11-19(20(29)26-18-9-7-17(8-10-18)25-14(2)28)27-21(24-13)23-12-15-3-5-16(22)6-4-15/h3-11H,12H2,1-2H3,(H,25,28)(H,26,29)(H,23,24,27). The van der Waals surface area contributed by atoms with E-state index >= 15 is 0 Å². The summed E-state index contributed by atoms with van der Waals surface area (Å²) in [5, 5.41) is 8.46. The maximum Gasteiger partial charge on any atom is 0.274 e. The summed E-state index contributed by atoms with van der Waals surface area (Å²) in [5.74, 6) is -0.545. The number of hydrogen-bond donors (Lipinski definition) is 3. The Labute approximate surface area is 167 Å². The molecule has 3 rings (SSSR count). The van der Waals surface area contributed by atoms with E-state index in [1.807, 2.05) is 0 Å². The third-order valence-electron chi connectivity index (χ3n) is 3.91. The average Bonchev–Trinajstić information content (AvgIpc) is 2.68. The van der Waals surface area contributed by atoms with E-state index in [1.165, 1.54) is 19.1 Å². The van der Waals surface area contributed by atoms with E-state index in [0.717, 1.165) is 5.56 Å². The molecule has 148 valence electrons. The minimum atomic E-state index is -0.382. The van der Waals surface area contributed by atoms with Crippen LogP contribution in [0.5, 0.6) is 0 Å². The smallest absolute Gasteiger partial charge is 0.274 e. The van der Waals surface area contributed by atoms with Crippen LogP contribution in [0.25, 0.3) is 0 Å². The Hall–Kier alpha value is -3.81. The van der Waals surface area contributed by atoms with Crippen LogP contribution in [0.4, 0.5) is 21.7 Å². The molecule has 7 nitrogen and oxygen atoms in total. The van der Waals surface area contributed by atoms with Crippen LogP contribution < -0.4 is 16.0 Å². The SMILES string of the molecule is CC(=O)Nc1ccc(NC(=O)c2cc(C)nc(NCc3ccc(F)cc3)n2)cc1. The van der Waals surface area contributed by atoms with E-state index in [4.69, 9.17) is 0 Å². The van der Waals surface area contributed by atoms with E-state index in [1.54, 1.807) is 49.4 Å². The van der Waals surface area contributed by atoms with Gasteiger partial charge in [-0.25, -0.2) is 14.4 Å². The Balaban J connectivity index is 1.67. The predicted molar refractivity (Wildman–Crippen MR) is 109 cm³/mol. The average molecular weight is 393 g/mol. The van der Waals surface area contributed by atoms with Gasteiger partial charge in [-0.15, -0.1) is 0 Å². The van der Waals surface area contributed by atoms with Gasteiger partial charge >= 0.3 is 0 Å². The second kappa shape index (κ2) is 8.92. The fraction of sp³-hybridized carbons (Fsp3) is 0.143. The first kappa shape index (κ1) is 19.9. The molecular formula is C21H20FN5O2. The lowest BCUT2D eigenvalue weighted by atomic mass is 10.2. The van der Waals surface area contributed by atoms with Gasteiger partial charge < -0.3 is 16.0 Å². The number of benzene rings is 2. The topological polar surface area (TPSA) is 96.0 Å². The van der Waals surface area contributed by atoms with Gasteiger partial charge in [-0.05, 0) is 55.0 Å². The first-order chi connectivity index (χ1) is 13.9. The fourth-order valence-electron chi connectivity index (χ4n) is 2.58. The molecule has 29 heavy (non-hydrogen) atoms. The minimum Gasteiger partial charge on any atom is -0.350 e. The normalized spacial score (nSPS) is 10.3. The highest BCUT2D eigenvalue weighted by molar-refractivity contribution is 6.03. The summed E-state index contributed by atoms with van der Waals surface area (Å²) in [6.07, 6.45) is 0. The maximum absolute atomic E-state index is 13.0. The van der Waals surface area contributed by atoms with Crippen LogP contribution in [0, 0.1) is 12.7 Å². The van der Waals surface area contributed by atoms with Gasteiger partial charge in [0.25, 0.3) is 5.91 Å². The highest BCUT2D eigenvalue weighted by Gasteiger charge is 2.11. The van der Waals surface area contributed by atoms with Crippen molar-refractivity contribution in [2.45, 2.75) is 20.4 Å². The van der Waals surface area contributed by atoms with Crippen molar-refractivity contribution in [3.63, 3.8) is 0 Å². The van der Waals surface area contributed by atoms with Crippen molar-refractivity contribution in [3.05, 3.63) is 77.4 Å². The molecule has 0 saturated heterocycles. The van der Waals surface area contributed by atoms with Crippen LogP contribution >= 0.6 is 0 Å². The van der Waals surface area contributed by atoms with Gasteiger partial charge in [0.2, 0.25) is 11.9 Å². The van der Waals surface area contributed by atoms with Crippen molar-refractivity contribution in [2.75, 3.05) is 16.0 Å². The van der Waals surface area contributed by atoms with Crippen molar-refractivity contribution >= 4 is 29.1 Å². The molecule has 0 radical (unpaired) electrons.